The summed E-state index contributed by atoms with van der Waals surface area (Å²) in [7, 11) is 0. The molecular formula is C18H21F3N2O3. The van der Waals surface area contributed by atoms with E-state index < -0.39 is 6.36 Å². The van der Waals surface area contributed by atoms with Gasteiger partial charge in [-0.25, -0.2) is 0 Å². The topological polar surface area (TPSA) is 58.6 Å². The zero-order chi connectivity index (χ0) is 18.9. The molecule has 1 fully saturated rings. The number of hydrogen-bond acceptors (Lipinski definition) is 3. The number of halogens is 3. The molecule has 1 saturated carbocycles. The van der Waals surface area contributed by atoms with Gasteiger partial charge in [0, 0.05) is 31.1 Å². The third-order valence-corrected chi connectivity index (χ3v) is 4.79. The first kappa shape index (κ1) is 18.5. The molecule has 1 N–H and O–H groups in total. The Bertz CT molecular complexity index is 705. The number of nitrogens with zero attached hydrogens (tertiary/aromatic N) is 1. The molecule has 1 heterocycles. The third-order valence-electron chi connectivity index (χ3n) is 4.79. The van der Waals surface area contributed by atoms with E-state index >= 15 is 0 Å². The number of benzene rings is 1. The van der Waals surface area contributed by atoms with Crippen molar-refractivity contribution in [1.29, 1.82) is 0 Å². The lowest BCUT2D eigenvalue weighted by molar-refractivity contribution is -0.274. The molecule has 3 rings (SSSR count). The Morgan fingerprint density at radius 2 is 2.08 bits per heavy atom. The Morgan fingerprint density at radius 1 is 1.35 bits per heavy atom. The van der Waals surface area contributed by atoms with Crippen molar-refractivity contribution in [3.63, 3.8) is 0 Å². The molecule has 0 spiro atoms. The Balaban J connectivity index is 1.59. The Hall–Kier alpha value is -2.25. The molecule has 2 aliphatic rings. The van der Waals surface area contributed by atoms with Gasteiger partial charge < -0.3 is 15.0 Å². The largest absolute Gasteiger partial charge is 0.573 e. The molecule has 0 aromatic heterocycles. The van der Waals surface area contributed by atoms with Gasteiger partial charge >= 0.3 is 6.36 Å². The highest BCUT2D eigenvalue weighted by Gasteiger charge is 2.38. The third kappa shape index (κ3) is 4.47. The number of ether oxygens (including phenoxy) is 1. The van der Waals surface area contributed by atoms with Crippen LogP contribution in [0.25, 0.3) is 0 Å². The van der Waals surface area contributed by atoms with Crippen LogP contribution in [0.4, 0.5) is 18.9 Å². The Morgan fingerprint density at radius 3 is 2.73 bits per heavy atom. The second-order valence-electron chi connectivity index (χ2n) is 6.85. The van der Waals surface area contributed by atoms with Gasteiger partial charge in [-0.05, 0) is 48.9 Å². The molecule has 0 radical (unpaired) electrons. The summed E-state index contributed by atoms with van der Waals surface area (Å²) in [5.74, 6) is 0.0230. The number of anilines is 1. The number of amides is 2. The minimum atomic E-state index is -4.74. The number of aryl methyl sites for hydroxylation is 1. The fourth-order valence-corrected chi connectivity index (χ4v) is 3.28. The summed E-state index contributed by atoms with van der Waals surface area (Å²) in [6.07, 6.45) is -2.44. The molecule has 0 bridgehead atoms. The van der Waals surface area contributed by atoms with E-state index in [1.807, 2.05) is 6.92 Å². The van der Waals surface area contributed by atoms with Gasteiger partial charge in [0.25, 0.3) is 0 Å². The second-order valence-corrected chi connectivity index (χ2v) is 6.85. The van der Waals surface area contributed by atoms with E-state index in [0.717, 1.165) is 6.42 Å². The van der Waals surface area contributed by atoms with Crippen LogP contribution < -0.4 is 15.0 Å². The Kier molecular flexibility index (Phi) is 5.11. The van der Waals surface area contributed by atoms with Crippen LogP contribution in [0.3, 0.4) is 0 Å². The van der Waals surface area contributed by atoms with E-state index in [9.17, 15) is 22.8 Å². The van der Waals surface area contributed by atoms with Crippen LogP contribution in [-0.2, 0) is 16.0 Å². The van der Waals surface area contributed by atoms with Crippen molar-refractivity contribution in [3.05, 3.63) is 23.8 Å². The number of hydrogen-bond donors (Lipinski definition) is 1. The van der Waals surface area contributed by atoms with Crippen LogP contribution in [0.5, 0.6) is 5.75 Å². The van der Waals surface area contributed by atoms with Gasteiger partial charge in [-0.15, -0.1) is 13.2 Å². The first-order valence-electron chi connectivity index (χ1n) is 8.71. The summed E-state index contributed by atoms with van der Waals surface area (Å²) < 4.78 is 41.0. The monoisotopic (exact) mass is 370 g/mol. The van der Waals surface area contributed by atoms with Crippen LogP contribution in [0.2, 0.25) is 0 Å². The van der Waals surface area contributed by atoms with Gasteiger partial charge in [0.05, 0.1) is 0 Å². The highest BCUT2D eigenvalue weighted by molar-refractivity contribution is 5.95. The number of carbonyl (C=O) groups excluding carboxylic acids is 2. The minimum Gasteiger partial charge on any atom is -0.406 e. The number of nitrogens with one attached hydrogen (secondary N) is 1. The summed E-state index contributed by atoms with van der Waals surface area (Å²) in [5.41, 5.74) is 1.26. The molecule has 0 saturated heterocycles. The summed E-state index contributed by atoms with van der Waals surface area (Å²) in [5, 5.41) is 2.77. The van der Waals surface area contributed by atoms with Crippen LogP contribution in [-0.4, -0.2) is 31.3 Å². The molecule has 1 aromatic carbocycles. The lowest BCUT2D eigenvalue weighted by atomic mass is 10.0. The maximum Gasteiger partial charge on any atom is 0.573 e. The maximum atomic E-state index is 12.5. The number of fused-ring (bicyclic) bond motifs is 1. The lowest BCUT2D eigenvalue weighted by Gasteiger charge is -2.30. The summed E-state index contributed by atoms with van der Waals surface area (Å²) in [6, 6.07) is 4.03. The standard InChI is InChI=1S/C18H21F3N2O3/c1-11-9-14(11)17(25)22-7-6-16(24)23-8-2-3-12-10-13(4-5-15(12)23)26-18(19,20)21/h4-5,10-11,14H,2-3,6-9H2,1H3,(H,22,25). The molecule has 1 aliphatic carbocycles. The van der Waals surface area contributed by atoms with Gasteiger partial charge in [0.1, 0.15) is 5.75 Å². The van der Waals surface area contributed by atoms with Crippen LogP contribution in [0.15, 0.2) is 18.2 Å². The first-order valence-corrected chi connectivity index (χ1v) is 8.71. The predicted octanol–water partition coefficient (Wildman–Crippen LogP) is 3.03. The van der Waals surface area contributed by atoms with Gasteiger partial charge in [-0.3, -0.25) is 9.59 Å². The SMILES string of the molecule is CC1CC1C(=O)NCCC(=O)N1CCCc2cc(OC(F)(F)F)ccc21. The van der Waals surface area contributed by atoms with Gasteiger partial charge in [0.15, 0.2) is 0 Å². The van der Waals surface area contributed by atoms with Crippen molar-refractivity contribution in [2.75, 3.05) is 18.0 Å². The number of carbonyl (C=O) groups is 2. The molecule has 5 nitrogen and oxygen atoms in total. The van der Waals surface area contributed by atoms with E-state index in [-0.39, 0.29) is 36.4 Å². The van der Waals surface area contributed by atoms with Crippen LogP contribution in [0.1, 0.15) is 31.7 Å². The number of rotatable bonds is 5. The van der Waals surface area contributed by atoms with E-state index in [4.69, 9.17) is 0 Å². The molecule has 2 atom stereocenters. The molecule has 8 heteroatoms. The molecule has 2 unspecified atom stereocenters. The van der Waals surface area contributed by atoms with E-state index in [1.165, 1.54) is 18.2 Å². The van der Waals surface area contributed by atoms with Crippen molar-refractivity contribution in [3.8, 4) is 5.75 Å². The van der Waals surface area contributed by atoms with Crippen molar-refractivity contribution < 1.29 is 27.5 Å². The first-order chi connectivity index (χ1) is 12.2. The molecule has 26 heavy (non-hydrogen) atoms. The van der Waals surface area contributed by atoms with E-state index in [2.05, 4.69) is 10.1 Å². The maximum absolute atomic E-state index is 12.5. The van der Waals surface area contributed by atoms with Crippen molar-refractivity contribution in [2.45, 2.75) is 39.0 Å². The molecule has 1 aromatic rings. The second kappa shape index (κ2) is 7.17. The van der Waals surface area contributed by atoms with E-state index in [0.29, 0.717) is 36.6 Å². The molecule has 1 aliphatic heterocycles. The summed E-state index contributed by atoms with van der Waals surface area (Å²) in [6.45, 7) is 2.79. The minimum absolute atomic E-state index is 0.0155. The van der Waals surface area contributed by atoms with Crippen LogP contribution >= 0.6 is 0 Å². The average molecular weight is 370 g/mol. The normalized spacial score (nSPS) is 21.8. The van der Waals surface area contributed by atoms with Crippen molar-refractivity contribution >= 4 is 17.5 Å². The quantitative estimate of drug-likeness (QED) is 0.867. The molecule has 2 amide bonds. The molecule has 142 valence electrons. The Labute approximate surface area is 149 Å². The summed E-state index contributed by atoms with van der Waals surface area (Å²) >= 11 is 0. The van der Waals surface area contributed by atoms with E-state index in [1.54, 1.807) is 4.90 Å². The smallest absolute Gasteiger partial charge is 0.406 e. The van der Waals surface area contributed by atoms with Crippen molar-refractivity contribution in [1.82, 2.24) is 5.32 Å². The fraction of sp³-hybridized carbons (Fsp3) is 0.556. The van der Waals surface area contributed by atoms with Gasteiger partial charge in [0.2, 0.25) is 11.8 Å². The zero-order valence-electron chi connectivity index (χ0n) is 14.4. The highest BCUT2D eigenvalue weighted by atomic mass is 19.4. The molecular weight excluding hydrogens is 349 g/mol. The average Bonchev–Trinajstić information content (AvgIpc) is 3.29. The van der Waals surface area contributed by atoms with Gasteiger partial charge in [-0.1, -0.05) is 6.92 Å². The van der Waals surface area contributed by atoms with Crippen LogP contribution in [0, 0.1) is 11.8 Å². The predicted molar refractivity (Wildman–Crippen MR) is 88.7 cm³/mol. The fourth-order valence-electron chi connectivity index (χ4n) is 3.28. The highest BCUT2D eigenvalue weighted by Crippen LogP contribution is 2.37. The van der Waals surface area contributed by atoms with Crippen molar-refractivity contribution in [2.24, 2.45) is 11.8 Å². The number of alkyl halides is 3. The zero-order valence-corrected chi connectivity index (χ0v) is 14.4. The van der Waals surface area contributed by atoms with Gasteiger partial charge in [-0.2, -0.15) is 0 Å². The lowest BCUT2D eigenvalue weighted by Crippen LogP contribution is -2.38. The summed E-state index contributed by atoms with van der Waals surface area (Å²) in [4.78, 5) is 25.8.